The maximum atomic E-state index is 16.5. The zero-order chi connectivity index (χ0) is 33.1. The van der Waals surface area contributed by atoms with Crippen molar-refractivity contribution in [2.45, 2.75) is 51.2 Å². The van der Waals surface area contributed by atoms with Gasteiger partial charge in [0.25, 0.3) is 6.08 Å². The van der Waals surface area contributed by atoms with Gasteiger partial charge in [-0.2, -0.15) is 24.0 Å². The third kappa shape index (κ3) is 5.72. The second-order valence-electron chi connectivity index (χ2n) is 12.2. The number of carbonyl (C=O) groups excluding carboxylic acids is 1. The lowest BCUT2D eigenvalue weighted by Gasteiger charge is -2.30. The molecule has 4 aromatic rings. The predicted molar refractivity (Wildman–Crippen MR) is 168 cm³/mol. The van der Waals surface area contributed by atoms with Crippen molar-refractivity contribution in [1.29, 1.82) is 5.26 Å². The Kier molecular flexibility index (Phi) is 8.29. The van der Waals surface area contributed by atoms with Crippen molar-refractivity contribution < 1.29 is 31.8 Å². The number of halogens is 6. The molecule has 15 heteroatoms. The monoisotopic (exact) mass is 693 g/mol. The van der Waals surface area contributed by atoms with Gasteiger partial charge in [-0.15, -0.1) is 11.3 Å². The number of hydrogen-bond donors (Lipinski definition) is 1. The number of nitrogens with one attached hydrogen (secondary N) is 1. The Bertz CT molecular complexity index is 2000. The number of hydrogen-bond acceptors (Lipinski definition) is 8. The molecule has 2 aromatic carbocycles. The highest BCUT2D eigenvalue weighted by molar-refractivity contribution is 7.23. The van der Waals surface area contributed by atoms with E-state index < -0.39 is 34.9 Å². The number of anilines is 1. The summed E-state index contributed by atoms with van der Waals surface area (Å²) in [6, 6.07) is 5.45. The van der Waals surface area contributed by atoms with E-state index in [9.17, 15) is 18.8 Å². The van der Waals surface area contributed by atoms with Crippen molar-refractivity contribution in [3.05, 3.63) is 57.2 Å². The molecule has 2 aliphatic heterocycles. The third-order valence-electron chi connectivity index (χ3n) is 8.00. The van der Waals surface area contributed by atoms with Crippen LogP contribution in [0.15, 0.2) is 29.9 Å². The number of ether oxygens (including phenoxy) is 2. The van der Waals surface area contributed by atoms with E-state index in [1.165, 1.54) is 12.1 Å². The van der Waals surface area contributed by atoms with Crippen molar-refractivity contribution in [2.24, 2.45) is 0 Å². The molecule has 240 valence electrons. The van der Waals surface area contributed by atoms with Crippen LogP contribution in [-0.4, -0.2) is 51.8 Å². The fourth-order valence-electron chi connectivity index (χ4n) is 6.09. The molecule has 0 unspecified atom stereocenters. The van der Waals surface area contributed by atoms with Gasteiger partial charge in [-0.25, -0.2) is 13.6 Å². The molecule has 0 aliphatic carbocycles. The van der Waals surface area contributed by atoms with Gasteiger partial charge in [-0.1, -0.05) is 29.3 Å². The number of benzene rings is 2. The summed E-state index contributed by atoms with van der Waals surface area (Å²) in [6.45, 7) is 5.77. The highest BCUT2D eigenvalue weighted by Gasteiger charge is 2.48. The van der Waals surface area contributed by atoms with E-state index in [1.54, 1.807) is 20.8 Å². The van der Waals surface area contributed by atoms with Crippen molar-refractivity contribution in [3.8, 4) is 23.2 Å². The normalized spacial score (nSPS) is 18.2. The van der Waals surface area contributed by atoms with Crippen LogP contribution >= 0.6 is 34.5 Å². The number of thiophene rings is 1. The maximum Gasteiger partial charge on any atom is 0.412 e. The fraction of sp³-hybridized carbons (Fsp3) is 0.355. The van der Waals surface area contributed by atoms with Crippen LogP contribution in [0.25, 0.3) is 32.1 Å². The molecule has 2 aromatic heterocycles. The summed E-state index contributed by atoms with van der Waals surface area (Å²) in [4.78, 5) is 22.8. The van der Waals surface area contributed by atoms with E-state index >= 15 is 8.78 Å². The minimum atomic E-state index is -1.70. The first kappa shape index (κ1) is 32.2. The largest absolute Gasteiger partial charge is 0.461 e. The molecule has 2 fully saturated rings. The van der Waals surface area contributed by atoms with E-state index in [1.807, 2.05) is 11.0 Å². The second-order valence-corrected chi connectivity index (χ2v) is 13.9. The van der Waals surface area contributed by atoms with Gasteiger partial charge in [-0.05, 0) is 64.3 Å². The number of rotatable bonds is 5. The SMILES string of the molecule is CC(C)(C)OC(=O)Nc1sc2c(F)ccc(-c3c(Cl)cc4c(Cl)nc(OC[C@@]56CCCN5CC(=C(F)F)C6)nc4c3F)c2c1C#N. The van der Waals surface area contributed by atoms with Crippen LogP contribution in [0.5, 0.6) is 6.01 Å². The minimum Gasteiger partial charge on any atom is -0.461 e. The van der Waals surface area contributed by atoms with Gasteiger partial charge in [0.15, 0.2) is 5.82 Å². The van der Waals surface area contributed by atoms with Crippen LogP contribution in [-0.2, 0) is 4.74 Å². The highest BCUT2D eigenvalue weighted by Crippen LogP contribution is 2.47. The Morgan fingerprint density at radius 1 is 1.24 bits per heavy atom. The molecule has 6 rings (SSSR count). The maximum absolute atomic E-state index is 16.5. The molecular formula is C31H25Cl2F4N5O3S. The lowest BCUT2D eigenvalue weighted by Crippen LogP contribution is -2.43. The summed E-state index contributed by atoms with van der Waals surface area (Å²) < 4.78 is 69.5. The van der Waals surface area contributed by atoms with Crippen LogP contribution in [0, 0.1) is 23.0 Å². The molecule has 0 radical (unpaired) electrons. The average Bonchev–Trinajstić information content (AvgIpc) is 3.64. The van der Waals surface area contributed by atoms with Crippen LogP contribution in [0.3, 0.4) is 0 Å². The van der Waals surface area contributed by atoms with Gasteiger partial charge in [0.1, 0.15) is 39.8 Å². The zero-order valence-electron chi connectivity index (χ0n) is 24.7. The van der Waals surface area contributed by atoms with E-state index in [-0.39, 0.29) is 84.0 Å². The Hall–Kier alpha value is -3.70. The molecule has 8 nitrogen and oxygen atoms in total. The van der Waals surface area contributed by atoms with Crippen molar-refractivity contribution in [3.63, 3.8) is 0 Å². The van der Waals surface area contributed by atoms with Crippen LogP contribution in [0.2, 0.25) is 10.2 Å². The number of nitrogens with zero attached hydrogens (tertiary/aromatic N) is 4. The Labute approximate surface area is 274 Å². The molecule has 1 N–H and O–H groups in total. The Balaban J connectivity index is 1.42. The number of aromatic nitrogens is 2. The van der Waals surface area contributed by atoms with Crippen molar-refractivity contribution in [1.82, 2.24) is 14.9 Å². The first-order valence-corrected chi connectivity index (χ1v) is 15.7. The van der Waals surface area contributed by atoms with Gasteiger partial charge >= 0.3 is 12.1 Å². The van der Waals surface area contributed by atoms with E-state index in [0.717, 1.165) is 23.8 Å². The van der Waals surface area contributed by atoms with Crippen molar-refractivity contribution >= 4 is 66.6 Å². The topological polar surface area (TPSA) is 100 Å². The standard InChI is InChI=1S/C31H25Cl2F4N5O3S/c1-30(2,3)45-29(43)41-27-17(11-38)20-15(5-6-19(34)24(20)46-27)21-18(32)9-16-23(22(21)35)39-28(40-25(16)33)44-13-31-7-4-8-42(31)12-14(10-31)26(36)37/h5-6,9H,4,7-8,10,12-13H2,1-3H3,(H,41,43)/t31-/m0/s1. The lowest BCUT2D eigenvalue weighted by molar-refractivity contribution is 0.0636. The quantitative estimate of drug-likeness (QED) is 0.164. The third-order valence-corrected chi connectivity index (χ3v) is 9.70. The molecule has 1 atom stereocenters. The van der Waals surface area contributed by atoms with Gasteiger partial charge in [-0.3, -0.25) is 10.2 Å². The molecule has 0 spiro atoms. The van der Waals surface area contributed by atoms with Crippen LogP contribution in [0.1, 0.15) is 45.6 Å². The number of amides is 1. The van der Waals surface area contributed by atoms with Gasteiger partial charge in [0.2, 0.25) is 0 Å². The van der Waals surface area contributed by atoms with E-state index in [2.05, 4.69) is 15.3 Å². The van der Waals surface area contributed by atoms with Crippen LogP contribution in [0.4, 0.5) is 27.4 Å². The van der Waals surface area contributed by atoms with Crippen molar-refractivity contribution in [2.75, 3.05) is 25.0 Å². The van der Waals surface area contributed by atoms with Gasteiger partial charge < -0.3 is 9.47 Å². The first-order valence-electron chi connectivity index (χ1n) is 14.1. The molecule has 0 bridgehead atoms. The van der Waals surface area contributed by atoms with Crippen LogP contribution < -0.4 is 10.1 Å². The molecule has 4 heterocycles. The average molecular weight is 695 g/mol. The number of carbonyl (C=O) groups is 1. The van der Waals surface area contributed by atoms with Gasteiger partial charge in [0, 0.05) is 28.5 Å². The molecule has 46 heavy (non-hydrogen) atoms. The summed E-state index contributed by atoms with van der Waals surface area (Å²) in [5, 5.41) is 12.4. The molecule has 2 saturated heterocycles. The first-order chi connectivity index (χ1) is 21.7. The summed E-state index contributed by atoms with van der Waals surface area (Å²) in [6.07, 6.45) is -0.969. The Morgan fingerprint density at radius 3 is 2.70 bits per heavy atom. The highest BCUT2D eigenvalue weighted by atomic mass is 35.5. The summed E-state index contributed by atoms with van der Waals surface area (Å²) >= 11 is 13.8. The smallest absolute Gasteiger partial charge is 0.412 e. The predicted octanol–water partition coefficient (Wildman–Crippen LogP) is 9.08. The van der Waals surface area contributed by atoms with E-state index in [4.69, 9.17) is 32.7 Å². The Morgan fingerprint density at radius 2 is 2.00 bits per heavy atom. The lowest BCUT2D eigenvalue weighted by atomic mass is 9.94. The summed E-state index contributed by atoms with van der Waals surface area (Å²) in [5.74, 6) is -1.64. The molecule has 2 aliphatic rings. The minimum absolute atomic E-state index is 0.00867. The van der Waals surface area contributed by atoms with Gasteiger partial charge in [0.05, 0.1) is 20.8 Å². The fourth-order valence-corrected chi connectivity index (χ4v) is 7.67. The number of fused-ring (bicyclic) bond motifs is 3. The summed E-state index contributed by atoms with van der Waals surface area (Å²) in [5.41, 5.74) is -1.93. The second kappa shape index (κ2) is 11.8. The molecular weight excluding hydrogens is 669 g/mol. The molecule has 0 saturated carbocycles. The number of nitriles is 1. The zero-order valence-corrected chi connectivity index (χ0v) is 27.0. The molecule has 1 amide bonds. The summed E-state index contributed by atoms with van der Waals surface area (Å²) in [7, 11) is 0. The van der Waals surface area contributed by atoms with E-state index in [0.29, 0.717) is 13.0 Å².